The van der Waals surface area contributed by atoms with E-state index in [0.29, 0.717) is 17.3 Å². The molecule has 5 nitrogen and oxygen atoms in total. The minimum Gasteiger partial charge on any atom is -0.478 e. The van der Waals surface area contributed by atoms with Gasteiger partial charge >= 0.3 is 5.97 Å². The number of carboxylic acids is 1. The third-order valence-electron chi connectivity index (χ3n) is 3.60. The van der Waals surface area contributed by atoms with Crippen LogP contribution in [0.25, 0.3) is 11.4 Å². The summed E-state index contributed by atoms with van der Waals surface area (Å²) in [5.41, 5.74) is 0.916. The Kier molecular flexibility index (Phi) is 2.81. The molecule has 0 spiro atoms. The maximum atomic E-state index is 11.3. The van der Waals surface area contributed by atoms with E-state index in [4.69, 9.17) is 0 Å². The van der Waals surface area contributed by atoms with Crippen LogP contribution in [-0.2, 0) is 13.0 Å². The van der Waals surface area contributed by atoms with Crippen molar-refractivity contribution >= 4 is 5.97 Å². The number of rotatable bonds is 2. The zero-order valence-electron chi connectivity index (χ0n) is 10.7. The molecule has 19 heavy (non-hydrogen) atoms. The van der Waals surface area contributed by atoms with Crippen LogP contribution in [0.15, 0.2) is 24.3 Å². The average molecular weight is 257 g/mol. The largest absolute Gasteiger partial charge is 0.478 e. The summed E-state index contributed by atoms with van der Waals surface area (Å²) in [6.45, 7) is 3.05. The lowest BCUT2D eigenvalue weighted by Crippen LogP contribution is -2.18. The molecule has 2 aromatic rings. The van der Waals surface area contributed by atoms with Crippen LogP contribution >= 0.6 is 0 Å². The summed E-state index contributed by atoms with van der Waals surface area (Å²) in [7, 11) is 0. The van der Waals surface area contributed by atoms with E-state index in [1.54, 1.807) is 18.2 Å². The summed E-state index contributed by atoms with van der Waals surface area (Å²) in [6.07, 6.45) is 1.98. The van der Waals surface area contributed by atoms with Gasteiger partial charge in [-0.3, -0.25) is 0 Å². The van der Waals surface area contributed by atoms with Gasteiger partial charge < -0.3 is 9.67 Å². The fraction of sp³-hybridized carbons (Fsp3) is 0.357. The second-order valence-electron chi connectivity index (χ2n) is 5.04. The number of hydrogen-bond acceptors (Lipinski definition) is 3. The summed E-state index contributed by atoms with van der Waals surface area (Å²) >= 11 is 0. The van der Waals surface area contributed by atoms with Crippen molar-refractivity contribution in [2.24, 2.45) is 5.92 Å². The number of hydrogen-bond donors (Lipinski definition) is 1. The van der Waals surface area contributed by atoms with Gasteiger partial charge in [0.1, 0.15) is 5.82 Å². The molecule has 2 heterocycles. The van der Waals surface area contributed by atoms with Crippen molar-refractivity contribution in [3.63, 3.8) is 0 Å². The van der Waals surface area contributed by atoms with Gasteiger partial charge in [0, 0.05) is 18.5 Å². The molecule has 0 saturated carbocycles. The summed E-state index contributed by atoms with van der Waals surface area (Å²) in [4.78, 5) is 11.3. The van der Waals surface area contributed by atoms with Gasteiger partial charge in [-0.15, -0.1) is 10.2 Å². The van der Waals surface area contributed by atoms with Gasteiger partial charge in [0.05, 0.1) is 5.56 Å². The average Bonchev–Trinajstić information content (AvgIpc) is 2.81. The Morgan fingerprint density at radius 2 is 2.16 bits per heavy atom. The molecule has 1 aliphatic rings. The van der Waals surface area contributed by atoms with Gasteiger partial charge in [0.2, 0.25) is 0 Å². The lowest BCUT2D eigenvalue weighted by atomic mass is 9.99. The molecule has 1 atom stereocenters. The predicted octanol–water partition coefficient (Wildman–Crippen LogP) is 2.23. The van der Waals surface area contributed by atoms with Crippen LogP contribution in [0.4, 0.5) is 0 Å². The second-order valence-corrected chi connectivity index (χ2v) is 5.04. The van der Waals surface area contributed by atoms with Gasteiger partial charge in [0.25, 0.3) is 0 Å². The van der Waals surface area contributed by atoms with Crippen LogP contribution in [-0.4, -0.2) is 25.8 Å². The van der Waals surface area contributed by atoms with Crippen LogP contribution in [0.3, 0.4) is 0 Å². The molecular weight excluding hydrogens is 242 g/mol. The highest BCUT2D eigenvalue weighted by Crippen LogP contribution is 2.27. The molecular formula is C14H15N3O2. The Hall–Kier alpha value is -2.17. The minimum atomic E-state index is -0.933. The van der Waals surface area contributed by atoms with Crippen molar-refractivity contribution in [1.29, 1.82) is 0 Å². The molecule has 0 saturated heterocycles. The van der Waals surface area contributed by atoms with Crippen LogP contribution in [0.2, 0.25) is 0 Å². The zero-order valence-corrected chi connectivity index (χ0v) is 10.7. The Labute approximate surface area is 110 Å². The van der Waals surface area contributed by atoms with Crippen LogP contribution < -0.4 is 0 Å². The number of benzene rings is 1. The molecule has 3 rings (SSSR count). The van der Waals surface area contributed by atoms with Crippen molar-refractivity contribution in [3.8, 4) is 11.4 Å². The maximum Gasteiger partial charge on any atom is 0.336 e. The zero-order chi connectivity index (χ0) is 13.4. The smallest absolute Gasteiger partial charge is 0.336 e. The predicted molar refractivity (Wildman–Crippen MR) is 69.9 cm³/mol. The highest BCUT2D eigenvalue weighted by Gasteiger charge is 2.23. The van der Waals surface area contributed by atoms with Crippen LogP contribution in [0.1, 0.15) is 29.5 Å². The molecule has 0 amide bonds. The second kappa shape index (κ2) is 4.50. The van der Waals surface area contributed by atoms with Gasteiger partial charge in [-0.1, -0.05) is 25.1 Å². The molecule has 98 valence electrons. The standard InChI is InChI=1S/C14H15N3O2/c1-9-6-7-17-12(8-9)15-16-13(17)10-4-2-3-5-11(10)14(18)19/h2-5,9H,6-8H2,1H3,(H,18,19). The molecule has 0 bridgehead atoms. The van der Waals surface area contributed by atoms with Gasteiger partial charge in [-0.2, -0.15) is 0 Å². The van der Waals surface area contributed by atoms with Crippen LogP contribution in [0.5, 0.6) is 0 Å². The van der Waals surface area contributed by atoms with E-state index in [1.807, 2.05) is 10.6 Å². The Morgan fingerprint density at radius 3 is 2.95 bits per heavy atom. The first-order valence-electron chi connectivity index (χ1n) is 6.41. The van der Waals surface area contributed by atoms with Gasteiger partial charge in [-0.05, 0) is 18.4 Å². The van der Waals surface area contributed by atoms with Crippen molar-refractivity contribution in [1.82, 2.24) is 14.8 Å². The van der Waals surface area contributed by atoms with Crippen molar-refractivity contribution in [2.45, 2.75) is 26.3 Å². The molecule has 1 N–H and O–H groups in total. The van der Waals surface area contributed by atoms with E-state index in [0.717, 1.165) is 25.2 Å². The molecule has 1 aromatic heterocycles. The normalized spacial score (nSPS) is 18.1. The summed E-state index contributed by atoms with van der Waals surface area (Å²) in [6, 6.07) is 6.95. The first kappa shape index (κ1) is 11.9. The maximum absolute atomic E-state index is 11.3. The number of carboxylic acid groups (broad SMARTS) is 1. The molecule has 1 unspecified atom stereocenters. The Balaban J connectivity index is 2.11. The number of fused-ring (bicyclic) bond motifs is 1. The van der Waals surface area contributed by atoms with Gasteiger partial charge in [-0.25, -0.2) is 4.79 Å². The van der Waals surface area contributed by atoms with Crippen molar-refractivity contribution in [2.75, 3.05) is 0 Å². The molecule has 1 aliphatic heterocycles. The van der Waals surface area contributed by atoms with E-state index in [1.165, 1.54) is 0 Å². The molecule has 0 aliphatic carbocycles. The molecule has 5 heteroatoms. The fourth-order valence-electron chi connectivity index (χ4n) is 2.55. The number of nitrogens with zero attached hydrogens (tertiary/aromatic N) is 3. The van der Waals surface area contributed by atoms with E-state index in [-0.39, 0.29) is 5.56 Å². The number of carbonyl (C=O) groups is 1. The highest BCUT2D eigenvalue weighted by atomic mass is 16.4. The van der Waals surface area contributed by atoms with Crippen molar-refractivity contribution in [3.05, 3.63) is 35.7 Å². The first-order chi connectivity index (χ1) is 9.16. The van der Waals surface area contributed by atoms with Crippen LogP contribution in [0, 0.1) is 5.92 Å². The highest BCUT2D eigenvalue weighted by molar-refractivity contribution is 5.94. The molecule has 0 radical (unpaired) electrons. The molecule has 1 aromatic carbocycles. The number of aromatic carboxylic acids is 1. The quantitative estimate of drug-likeness (QED) is 0.895. The Bertz CT molecular complexity index is 633. The third-order valence-corrected chi connectivity index (χ3v) is 3.60. The van der Waals surface area contributed by atoms with Crippen molar-refractivity contribution < 1.29 is 9.90 Å². The number of aromatic nitrogens is 3. The topological polar surface area (TPSA) is 68.0 Å². The van der Waals surface area contributed by atoms with E-state index in [9.17, 15) is 9.90 Å². The SMILES string of the molecule is CC1CCn2c(nnc2-c2ccccc2C(=O)O)C1. The van der Waals surface area contributed by atoms with Gasteiger partial charge in [0.15, 0.2) is 5.82 Å². The minimum absolute atomic E-state index is 0.274. The lowest BCUT2D eigenvalue weighted by Gasteiger charge is -2.20. The molecule has 0 fully saturated rings. The third kappa shape index (κ3) is 2.01. The lowest BCUT2D eigenvalue weighted by molar-refractivity contribution is 0.0697. The Morgan fingerprint density at radius 1 is 1.37 bits per heavy atom. The monoisotopic (exact) mass is 257 g/mol. The fourth-order valence-corrected chi connectivity index (χ4v) is 2.55. The summed E-state index contributed by atoms with van der Waals surface area (Å²) < 4.78 is 2.04. The van der Waals surface area contributed by atoms with E-state index >= 15 is 0 Å². The van der Waals surface area contributed by atoms with E-state index in [2.05, 4.69) is 17.1 Å². The first-order valence-corrected chi connectivity index (χ1v) is 6.41. The summed E-state index contributed by atoms with van der Waals surface area (Å²) in [5.74, 6) is 1.30. The summed E-state index contributed by atoms with van der Waals surface area (Å²) in [5, 5.41) is 17.7. The van der Waals surface area contributed by atoms with E-state index < -0.39 is 5.97 Å².